The standard InChI is InChI=1S/C18H16FN3O2/c19-15-7-3-1-5-13(15)9-10-20-17(23)11-22-12-21-16-8-4-2-6-14(16)18(22)24/h1-8,12H,9-11H2,(H,20,23). The summed E-state index contributed by atoms with van der Waals surface area (Å²) in [4.78, 5) is 28.4. The molecule has 1 amide bonds. The van der Waals surface area contributed by atoms with Gasteiger partial charge in [-0.25, -0.2) is 9.37 Å². The molecule has 1 heterocycles. The average molecular weight is 325 g/mol. The van der Waals surface area contributed by atoms with Crippen molar-refractivity contribution < 1.29 is 9.18 Å². The number of hydrogen-bond donors (Lipinski definition) is 1. The molecule has 0 aliphatic heterocycles. The lowest BCUT2D eigenvalue weighted by Crippen LogP contribution is -2.33. The molecule has 1 N–H and O–H groups in total. The van der Waals surface area contributed by atoms with Crippen LogP contribution in [0.5, 0.6) is 0 Å². The van der Waals surface area contributed by atoms with Crippen LogP contribution in [-0.2, 0) is 17.8 Å². The average Bonchev–Trinajstić information content (AvgIpc) is 2.59. The molecule has 0 aliphatic carbocycles. The largest absolute Gasteiger partial charge is 0.354 e. The lowest BCUT2D eigenvalue weighted by molar-refractivity contribution is -0.121. The highest BCUT2D eigenvalue weighted by atomic mass is 19.1. The van der Waals surface area contributed by atoms with E-state index in [9.17, 15) is 14.0 Å². The maximum Gasteiger partial charge on any atom is 0.261 e. The minimum atomic E-state index is -0.314. The Morgan fingerprint density at radius 3 is 2.71 bits per heavy atom. The van der Waals surface area contributed by atoms with Crippen molar-refractivity contribution in [3.05, 3.63) is 76.6 Å². The molecule has 0 unspecified atom stereocenters. The van der Waals surface area contributed by atoms with E-state index in [2.05, 4.69) is 10.3 Å². The molecule has 0 atom stereocenters. The molecule has 24 heavy (non-hydrogen) atoms. The fourth-order valence-corrected chi connectivity index (χ4v) is 2.47. The zero-order valence-corrected chi connectivity index (χ0v) is 12.9. The van der Waals surface area contributed by atoms with Crippen LogP contribution in [0.15, 0.2) is 59.7 Å². The highest BCUT2D eigenvalue weighted by Crippen LogP contribution is 2.06. The quantitative estimate of drug-likeness (QED) is 0.779. The first-order chi connectivity index (χ1) is 11.6. The summed E-state index contributed by atoms with van der Waals surface area (Å²) in [5.41, 5.74) is 0.880. The lowest BCUT2D eigenvalue weighted by atomic mass is 10.1. The Kier molecular flexibility index (Phi) is 4.65. The Balaban J connectivity index is 1.62. The number of amides is 1. The second kappa shape index (κ2) is 7.04. The SMILES string of the molecule is O=C(Cn1cnc2ccccc2c1=O)NCCc1ccccc1F. The van der Waals surface area contributed by atoms with E-state index in [4.69, 9.17) is 0 Å². The molecule has 3 rings (SSSR count). The summed E-state index contributed by atoms with van der Waals surface area (Å²) in [6, 6.07) is 13.4. The fourth-order valence-electron chi connectivity index (χ4n) is 2.47. The number of carbonyl (C=O) groups is 1. The van der Waals surface area contributed by atoms with Crippen molar-refractivity contribution in [2.75, 3.05) is 6.54 Å². The van der Waals surface area contributed by atoms with E-state index in [0.717, 1.165) is 0 Å². The van der Waals surface area contributed by atoms with Gasteiger partial charge in [0.15, 0.2) is 0 Å². The van der Waals surface area contributed by atoms with Crippen LogP contribution in [0.2, 0.25) is 0 Å². The Hall–Kier alpha value is -3.02. The third-order valence-corrected chi connectivity index (χ3v) is 3.72. The number of carbonyl (C=O) groups excluding carboxylic acids is 1. The van der Waals surface area contributed by atoms with Crippen molar-refractivity contribution >= 4 is 16.8 Å². The van der Waals surface area contributed by atoms with Gasteiger partial charge in [0, 0.05) is 6.54 Å². The number of fused-ring (bicyclic) bond motifs is 1. The number of halogens is 1. The number of benzene rings is 2. The van der Waals surface area contributed by atoms with Crippen molar-refractivity contribution in [1.29, 1.82) is 0 Å². The van der Waals surface area contributed by atoms with Crippen LogP contribution >= 0.6 is 0 Å². The first-order valence-electron chi connectivity index (χ1n) is 7.59. The van der Waals surface area contributed by atoms with Crippen molar-refractivity contribution in [2.24, 2.45) is 0 Å². The first-order valence-corrected chi connectivity index (χ1v) is 7.59. The van der Waals surface area contributed by atoms with Gasteiger partial charge in [0.2, 0.25) is 5.91 Å². The molecular formula is C18H16FN3O2. The zero-order chi connectivity index (χ0) is 16.9. The highest BCUT2D eigenvalue weighted by molar-refractivity contribution is 5.78. The van der Waals surface area contributed by atoms with Crippen LogP contribution in [0.3, 0.4) is 0 Å². The molecule has 6 heteroatoms. The minimum Gasteiger partial charge on any atom is -0.354 e. The molecule has 0 fully saturated rings. The van der Waals surface area contributed by atoms with Gasteiger partial charge in [0.1, 0.15) is 12.4 Å². The third-order valence-electron chi connectivity index (χ3n) is 3.72. The molecule has 0 spiro atoms. The summed E-state index contributed by atoms with van der Waals surface area (Å²) in [7, 11) is 0. The Labute approximate surface area is 137 Å². The van der Waals surface area contributed by atoms with Gasteiger partial charge < -0.3 is 5.32 Å². The number of para-hydroxylation sites is 1. The first kappa shape index (κ1) is 15.9. The van der Waals surface area contributed by atoms with E-state index < -0.39 is 0 Å². The normalized spacial score (nSPS) is 10.7. The number of nitrogens with one attached hydrogen (secondary N) is 1. The van der Waals surface area contributed by atoms with Crippen molar-refractivity contribution in [2.45, 2.75) is 13.0 Å². The van der Waals surface area contributed by atoms with E-state index >= 15 is 0 Å². The fraction of sp³-hybridized carbons (Fsp3) is 0.167. The van der Waals surface area contributed by atoms with Gasteiger partial charge in [-0.3, -0.25) is 14.2 Å². The van der Waals surface area contributed by atoms with E-state index in [-0.39, 0.29) is 23.8 Å². The predicted octanol–water partition coefficient (Wildman–Crippen LogP) is 1.89. The van der Waals surface area contributed by atoms with E-state index in [1.165, 1.54) is 17.0 Å². The van der Waals surface area contributed by atoms with Crippen LogP contribution in [0.1, 0.15) is 5.56 Å². The Morgan fingerprint density at radius 1 is 1.12 bits per heavy atom. The molecule has 0 saturated carbocycles. The molecule has 0 aliphatic rings. The monoisotopic (exact) mass is 325 g/mol. The lowest BCUT2D eigenvalue weighted by Gasteiger charge is -2.08. The maximum absolute atomic E-state index is 13.5. The minimum absolute atomic E-state index is 0.117. The number of aromatic nitrogens is 2. The van der Waals surface area contributed by atoms with Crippen LogP contribution in [0.25, 0.3) is 10.9 Å². The van der Waals surface area contributed by atoms with Gasteiger partial charge in [0.25, 0.3) is 5.56 Å². The Morgan fingerprint density at radius 2 is 1.88 bits per heavy atom. The van der Waals surface area contributed by atoms with Gasteiger partial charge in [-0.2, -0.15) is 0 Å². The van der Waals surface area contributed by atoms with Gasteiger partial charge in [-0.15, -0.1) is 0 Å². The van der Waals surface area contributed by atoms with Crippen LogP contribution < -0.4 is 10.9 Å². The molecule has 0 radical (unpaired) electrons. The van der Waals surface area contributed by atoms with Crippen molar-refractivity contribution in [3.63, 3.8) is 0 Å². The maximum atomic E-state index is 13.5. The van der Waals surface area contributed by atoms with Crippen LogP contribution in [0, 0.1) is 5.82 Å². The van der Waals surface area contributed by atoms with Gasteiger partial charge in [-0.1, -0.05) is 30.3 Å². The van der Waals surface area contributed by atoms with Gasteiger partial charge >= 0.3 is 0 Å². The van der Waals surface area contributed by atoms with Crippen molar-refractivity contribution in [1.82, 2.24) is 14.9 Å². The molecule has 1 aromatic heterocycles. The molecule has 5 nitrogen and oxygen atoms in total. The summed E-state index contributed by atoms with van der Waals surface area (Å²) in [5, 5.41) is 3.16. The van der Waals surface area contributed by atoms with Gasteiger partial charge in [-0.05, 0) is 30.2 Å². The van der Waals surface area contributed by atoms with Crippen molar-refractivity contribution in [3.8, 4) is 0 Å². The third kappa shape index (κ3) is 3.48. The van der Waals surface area contributed by atoms with E-state index in [0.29, 0.717) is 29.4 Å². The molecule has 0 saturated heterocycles. The topological polar surface area (TPSA) is 64.0 Å². The summed E-state index contributed by atoms with van der Waals surface area (Å²) < 4.78 is 14.8. The molecule has 122 valence electrons. The Bertz CT molecular complexity index is 937. The number of nitrogens with zero attached hydrogens (tertiary/aromatic N) is 2. The van der Waals surface area contributed by atoms with E-state index in [1.54, 1.807) is 42.5 Å². The summed E-state index contributed by atoms with van der Waals surface area (Å²) in [6.45, 7) is 0.184. The smallest absolute Gasteiger partial charge is 0.261 e. The summed E-state index contributed by atoms with van der Waals surface area (Å²) in [6.07, 6.45) is 1.75. The molecule has 2 aromatic carbocycles. The van der Waals surface area contributed by atoms with Crippen LogP contribution in [-0.4, -0.2) is 22.0 Å². The van der Waals surface area contributed by atoms with Crippen LogP contribution in [0.4, 0.5) is 4.39 Å². The summed E-state index contributed by atoms with van der Waals surface area (Å²) in [5.74, 6) is -0.604. The number of hydrogen-bond acceptors (Lipinski definition) is 3. The second-order valence-electron chi connectivity index (χ2n) is 5.39. The van der Waals surface area contributed by atoms with E-state index in [1.807, 2.05) is 0 Å². The number of rotatable bonds is 5. The molecular weight excluding hydrogens is 309 g/mol. The second-order valence-corrected chi connectivity index (χ2v) is 5.39. The predicted molar refractivity (Wildman–Crippen MR) is 89.1 cm³/mol. The van der Waals surface area contributed by atoms with Gasteiger partial charge in [0.05, 0.1) is 17.2 Å². The zero-order valence-electron chi connectivity index (χ0n) is 12.9. The summed E-state index contributed by atoms with van der Waals surface area (Å²) >= 11 is 0. The molecule has 3 aromatic rings. The molecule has 0 bridgehead atoms. The highest BCUT2D eigenvalue weighted by Gasteiger charge is 2.08.